The van der Waals surface area contributed by atoms with Crippen LogP contribution >= 0.6 is 27.3 Å². The van der Waals surface area contributed by atoms with Crippen LogP contribution in [-0.4, -0.2) is 69.8 Å². The number of thiophene rings is 1. The van der Waals surface area contributed by atoms with E-state index in [9.17, 15) is 15.0 Å². The van der Waals surface area contributed by atoms with E-state index in [1.165, 1.54) is 18.4 Å². The molecule has 1 spiro atoms. The van der Waals surface area contributed by atoms with Crippen LogP contribution in [0.3, 0.4) is 0 Å². The van der Waals surface area contributed by atoms with Crippen LogP contribution in [0.2, 0.25) is 0 Å². The van der Waals surface area contributed by atoms with E-state index in [2.05, 4.69) is 20.8 Å². The van der Waals surface area contributed by atoms with Crippen LogP contribution in [0.25, 0.3) is 6.08 Å². The lowest BCUT2D eigenvalue weighted by Crippen LogP contribution is -2.78. The fourth-order valence-corrected chi connectivity index (χ4v) is 9.04. The van der Waals surface area contributed by atoms with Crippen molar-refractivity contribution in [2.45, 2.75) is 67.7 Å². The number of rotatable bonds is 5. The summed E-state index contributed by atoms with van der Waals surface area (Å²) in [5, 5.41) is 25.4. The predicted octanol–water partition coefficient (Wildman–Crippen LogP) is 4.32. The van der Waals surface area contributed by atoms with Gasteiger partial charge in [-0.25, -0.2) is 0 Å². The van der Waals surface area contributed by atoms with Gasteiger partial charge < -0.3 is 19.8 Å². The number of benzene rings is 1. The molecule has 2 N–H and O–H groups in total. The second-order valence-corrected chi connectivity index (χ2v) is 13.2. The Kier molecular flexibility index (Phi) is 5.21. The number of likely N-dealkylation sites (tertiary alicyclic amines) is 1. The minimum absolute atomic E-state index is 0.0417. The van der Waals surface area contributed by atoms with Crippen molar-refractivity contribution >= 4 is 39.2 Å². The SMILES string of the molecule is CN(C(=O)/C=C/c1cc(Br)cs1)C1CC[C@@]2(O)[C@H]3Cc4ccc(O)c5c4[C@@]2(CCN3CC2CC2)C1O5. The average molecular weight is 572 g/mol. The average Bonchev–Trinajstić information content (AvgIpc) is 3.46. The van der Waals surface area contributed by atoms with Crippen LogP contribution in [0.1, 0.15) is 48.1 Å². The first-order chi connectivity index (χ1) is 17.3. The number of aliphatic hydroxyl groups is 1. The highest BCUT2D eigenvalue weighted by atomic mass is 79.9. The molecule has 1 amide bonds. The lowest BCUT2D eigenvalue weighted by atomic mass is 9.48. The number of phenolic OH excluding ortho intramolecular Hbond substituents is 1. The van der Waals surface area contributed by atoms with Gasteiger partial charge in [-0.15, -0.1) is 11.3 Å². The molecule has 5 atom stereocenters. The third-order valence-electron chi connectivity index (χ3n) is 9.55. The summed E-state index contributed by atoms with van der Waals surface area (Å²) < 4.78 is 7.61. The molecule has 5 aliphatic rings. The molecule has 1 aromatic heterocycles. The van der Waals surface area contributed by atoms with Gasteiger partial charge in [0.1, 0.15) is 6.10 Å². The minimum Gasteiger partial charge on any atom is -0.504 e. The number of aromatic hydroxyl groups is 1. The summed E-state index contributed by atoms with van der Waals surface area (Å²) in [7, 11) is 1.85. The molecule has 2 aromatic rings. The Morgan fingerprint density at radius 1 is 1.33 bits per heavy atom. The molecule has 0 radical (unpaired) electrons. The number of carbonyl (C=O) groups excluding carboxylic acids is 1. The highest BCUT2D eigenvalue weighted by Crippen LogP contribution is 2.66. The van der Waals surface area contributed by atoms with E-state index in [4.69, 9.17) is 4.74 Å². The maximum Gasteiger partial charge on any atom is 0.246 e. The molecule has 8 heteroatoms. The molecule has 2 aliphatic heterocycles. The molecule has 3 heterocycles. The van der Waals surface area contributed by atoms with Crippen molar-refractivity contribution in [3.05, 3.63) is 50.1 Å². The molecule has 190 valence electrons. The van der Waals surface area contributed by atoms with Crippen molar-refractivity contribution in [1.82, 2.24) is 9.80 Å². The Bertz CT molecular complexity index is 1270. The topological polar surface area (TPSA) is 73.2 Å². The Morgan fingerprint density at radius 2 is 2.17 bits per heavy atom. The lowest BCUT2D eigenvalue weighted by Gasteiger charge is -2.64. The Hall–Kier alpha value is -1.87. The molecule has 6 nitrogen and oxygen atoms in total. The Morgan fingerprint density at radius 3 is 2.92 bits per heavy atom. The molecule has 36 heavy (non-hydrogen) atoms. The fraction of sp³-hybridized carbons (Fsp3) is 0.536. The summed E-state index contributed by atoms with van der Waals surface area (Å²) in [4.78, 5) is 18.6. The fourth-order valence-electron chi connectivity index (χ4n) is 7.70. The summed E-state index contributed by atoms with van der Waals surface area (Å²) in [5.41, 5.74) is 0.635. The third-order valence-corrected chi connectivity index (χ3v) is 11.2. The maximum absolute atomic E-state index is 13.3. The van der Waals surface area contributed by atoms with Gasteiger partial charge in [-0.05, 0) is 90.7 Å². The number of phenols is 1. The summed E-state index contributed by atoms with van der Waals surface area (Å²) in [6, 6.07) is 5.60. The molecule has 1 saturated heterocycles. The number of carbonyl (C=O) groups is 1. The van der Waals surface area contributed by atoms with Crippen LogP contribution in [0.4, 0.5) is 0 Å². The quantitative estimate of drug-likeness (QED) is 0.524. The number of hydrogen-bond acceptors (Lipinski definition) is 6. The van der Waals surface area contributed by atoms with Gasteiger partial charge in [0.25, 0.3) is 0 Å². The zero-order valence-electron chi connectivity index (χ0n) is 20.3. The van der Waals surface area contributed by atoms with Crippen LogP contribution in [0.15, 0.2) is 34.1 Å². The number of hydrogen-bond donors (Lipinski definition) is 2. The molecule has 2 unspecified atom stereocenters. The Labute approximate surface area is 223 Å². The van der Waals surface area contributed by atoms with E-state index in [0.29, 0.717) is 18.6 Å². The van der Waals surface area contributed by atoms with E-state index in [0.717, 1.165) is 46.8 Å². The van der Waals surface area contributed by atoms with E-state index >= 15 is 0 Å². The summed E-state index contributed by atoms with van der Waals surface area (Å²) in [6.07, 6.45) is 8.52. The van der Waals surface area contributed by atoms with Crippen LogP contribution in [-0.2, 0) is 16.6 Å². The smallest absolute Gasteiger partial charge is 0.246 e. The number of nitrogens with zero attached hydrogens (tertiary/aromatic N) is 2. The van der Waals surface area contributed by atoms with Crippen LogP contribution < -0.4 is 4.74 Å². The summed E-state index contributed by atoms with van der Waals surface area (Å²) in [6.45, 7) is 1.97. The predicted molar refractivity (Wildman–Crippen MR) is 142 cm³/mol. The van der Waals surface area contributed by atoms with Crippen molar-refractivity contribution in [2.75, 3.05) is 20.1 Å². The number of amides is 1. The zero-order chi connectivity index (χ0) is 24.8. The Balaban J connectivity index is 1.26. The molecule has 1 aromatic carbocycles. The standard InChI is InChI=1S/C28H31BrN2O4S/c1-30(23(33)7-5-19-13-18(29)15-36-19)20-8-9-28(34)22-12-17-4-6-21(32)25-24(17)27(28,26(20)35-25)10-11-31(22)14-16-2-3-16/h4-7,13,15-16,20,22,26,32,34H,2-3,8-12,14H2,1H3/b7-5+/t20?,22-,26?,27+,28-/m1/s1. The zero-order valence-corrected chi connectivity index (χ0v) is 22.7. The van der Waals surface area contributed by atoms with Crippen LogP contribution in [0, 0.1) is 5.92 Å². The van der Waals surface area contributed by atoms with Crippen molar-refractivity contribution in [3.8, 4) is 11.5 Å². The molecule has 2 bridgehead atoms. The highest BCUT2D eigenvalue weighted by molar-refractivity contribution is 9.10. The maximum atomic E-state index is 13.3. The van der Waals surface area contributed by atoms with Gasteiger partial charge in [0.05, 0.1) is 17.1 Å². The number of ether oxygens (including phenoxy) is 1. The lowest BCUT2D eigenvalue weighted by molar-refractivity contribution is -0.200. The second-order valence-electron chi connectivity index (χ2n) is 11.3. The van der Waals surface area contributed by atoms with E-state index in [1.807, 2.05) is 30.6 Å². The summed E-state index contributed by atoms with van der Waals surface area (Å²) >= 11 is 5.05. The number of halogens is 1. The molecular weight excluding hydrogens is 540 g/mol. The largest absolute Gasteiger partial charge is 0.504 e. The van der Waals surface area contributed by atoms with Crippen molar-refractivity contribution < 1.29 is 19.7 Å². The van der Waals surface area contributed by atoms with Gasteiger partial charge in [0.2, 0.25) is 5.91 Å². The highest BCUT2D eigenvalue weighted by Gasteiger charge is 2.73. The first-order valence-corrected chi connectivity index (χ1v) is 14.7. The van der Waals surface area contributed by atoms with Gasteiger partial charge in [-0.2, -0.15) is 0 Å². The van der Waals surface area contributed by atoms with Gasteiger partial charge in [0.15, 0.2) is 11.5 Å². The first-order valence-electron chi connectivity index (χ1n) is 13.0. The van der Waals surface area contributed by atoms with Gasteiger partial charge in [0, 0.05) is 46.0 Å². The van der Waals surface area contributed by atoms with Crippen molar-refractivity contribution in [1.29, 1.82) is 0 Å². The normalized spacial score (nSPS) is 34.5. The monoisotopic (exact) mass is 570 g/mol. The first kappa shape index (κ1) is 23.3. The van der Waals surface area contributed by atoms with Crippen molar-refractivity contribution in [3.63, 3.8) is 0 Å². The number of likely N-dealkylation sites (N-methyl/N-ethyl adjacent to an activating group) is 1. The second kappa shape index (κ2) is 8.06. The van der Waals surface area contributed by atoms with Gasteiger partial charge in [-0.3, -0.25) is 9.69 Å². The molecule has 7 rings (SSSR count). The van der Waals surface area contributed by atoms with E-state index in [-0.39, 0.29) is 29.8 Å². The minimum atomic E-state index is -0.934. The van der Waals surface area contributed by atoms with Crippen LogP contribution in [0.5, 0.6) is 11.5 Å². The molecule has 3 aliphatic carbocycles. The van der Waals surface area contributed by atoms with E-state index in [1.54, 1.807) is 28.4 Å². The van der Waals surface area contributed by atoms with Crippen molar-refractivity contribution in [2.24, 2.45) is 5.92 Å². The van der Waals surface area contributed by atoms with Gasteiger partial charge >= 0.3 is 0 Å². The molecule has 3 fully saturated rings. The van der Waals surface area contributed by atoms with E-state index < -0.39 is 11.0 Å². The number of piperidine rings is 1. The molecular formula is C28H31BrN2O4S. The third kappa shape index (κ3) is 3.17. The molecule has 2 saturated carbocycles. The summed E-state index contributed by atoms with van der Waals surface area (Å²) in [5.74, 6) is 1.34. The van der Waals surface area contributed by atoms with Gasteiger partial charge in [-0.1, -0.05) is 6.07 Å².